The standard InChI is InChI=1S/C9H9Br2N3/c10-5-7(11)6-14-9-4-2-1-3-8(9)12-13-14/h1-4,7H,5-6H2. The van der Waals surface area contributed by atoms with E-state index < -0.39 is 0 Å². The normalized spacial score (nSPS) is 13.3. The van der Waals surface area contributed by atoms with E-state index >= 15 is 0 Å². The Kier molecular flexibility index (Phi) is 3.18. The fourth-order valence-corrected chi connectivity index (χ4v) is 1.77. The predicted molar refractivity (Wildman–Crippen MR) is 64.0 cm³/mol. The smallest absolute Gasteiger partial charge is 0.113 e. The topological polar surface area (TPSA) is 30.7 Å². The largest absolute Gasteiger partial charge is 0.243 e. The van der Waals surface area contributed by atoms with Crippen molar-refractivity contribution in [3.8, 4) is 0 Å². The van der Waals surface area contributed by atoms with E-state index in [4.69, 9.17) is 0 Å². The van der Waals surface area contributed by atoms with Gasteiger partial charge in [0.05, 0.1) is 12.1 Å². The molecule has 0 aliphatic carbocycles. The van der Waals surface area contributed by atoms with Gasteiger partial charge < -0.3 is 0 Å². The minimum absolute atomic E-state index is 0.382. The van der Waals surface area contributed by atoms with Gasteiger partial charge in [-0.1, -0.05) is 49.2 Å². The van der Waals surface area contributed by atoms with Gasteiger partial charge in [-0.05, 0) is 12.1 Å². The van der Waals surface area contributed by atoms with Crippen molar-refractivity contribution in [2.24, 2.45) is 0 Å². The van der Waals surface area contributed by atoms with E-state index in [2.05, 4.69) is 42.2 Å². The summed E-state index contributed by atoms with van der Waals surface area (Å²) in [4.78, 5) is 0.382. The molecule has 1 heterocycles. The lowest BCUT2D eigenvalue weighted by Crippen LogP contribution is -2.12. The lowest BCUT2D eigenvalue weighted by molar-refractivity contribution is 0.613. The molecule has 0 fully saturated rings. The molecule has 5 heteroatoms. The van der Waals surface area contributed by atoms with Crippen molar-refractivity contribution in [3.63, 3.8) is 0 Å². The Morgan fingerprint density at radius 3 is 2.93 bits per heavy atom. The van der Waals surface area contributed by atoms with E-state index in [0.29, 0.717) is 4.83 Å². The molecular formula is C9H9Br2N3. The Bertz CT molecular complexity index is 427. The molecule has 0 radical (unpaired) electrons. The van der Waals surface area contributed by atoms with Crippen LogP contribution in [0.25, 0.3) is 11.0 Å². The average Bonchev–Trinajstić information content (AvgIpc) is 2.62. The first-order valence-corrected chi connectivity index (χ1v) is 6.33. The van der Waals surface area contributed by atoms with Crippen LogP contribution in [-0.4, -0.2) is 25.2 Å². The Hall–Kier alpha value is -0.420. The molecule has 3 nitrogen and oxygen atoms in total. The zero-order chi connectivity index (χ0) is 9.97. The summed E-state index contributed by atoms with van der Waals surface area (Å²) in [6.07, 6.45) is 0. The first-order chi connectivity index (χ1) is 6.81. The second kappa shape index (κ2) is 4.40. The summed E-state index contributed by atoms with van der Waals surface area (Å²) < 4.78 is 1.91. The van der Waals surface area contributed by atoms with Crippen LogP contribution in [0.1, 0.15) is 0 Å². The van der Waals surface area contributed by atoms with Gasteiger partial charge in [0.1, 0.15) is 5.52 Å². The summed E-state index contributed by atoms with van der Waals surface area (Å²) in [5.74, 6) is 0. The number of benzene rings is 1. The first-order valence-electron chi connectivity index (χ1n) is 4.29. The Balaban J connectivity index is 2.33. The molecule has 0 saturated carbocycles. The molecule has 1 unspecified atom stereocenters. The minimum atomic E-state index is 0.382. The summed E-state index contributed by atoms with van der Waals surface area (Å²) in [5, 5.41) is 9.09. The number of para-hydroxylation sites is 1. The molecule has 1 atom stereocenters. The monoisotopic (exact) mass is 317 g/mol. The molecule has 0 N–H and O–H groups in total. The van der Waals surface area contributed by atoms with Crippen molar-refractivity contribution in [2.75, 3.05) is 5.33 Å². The summed E-state index contributed by atoms with van der Waals surface area (Å²) in [7, 11) is 0. The van der Waals surface area contributed by atoms with Crippen molar-refractivity contribution in [1.82, 2.24) is 15.0 Å². The lowest BCUT2D eigenvalue weighted by Gasteiger charge is -2.05. The Morgan fingerprint density at radius 1 is 1.36 bits per heavy atom. The number of aromatic nitrogens is 3. The fraction of sp³-hybridized carbons (Fsp3) is 0.333. The SMILES string of the molecule is BrCC(Br)Cn1nnc2ccccc21. The van der Waals surface area contributed by atoms with Crippen molar-refractivity contribution < 1.29 is 0 Å². The number of halogens is 2. The summed E-state index contributed by atoms with van der Waals surface area (Å²) in [5.41, 5.74) is 2.03. The maximum absolute atomic E-state index is 4.10. The van der Waals surface area contributed by atoms with Crippen molar-refractivity contribution >= 4 is 42.9 Å². The van der Waals surface area contributed by atoms with Crippen LogP contribution in [-0.2, 0) is 6.54 Å². The second-order valence-corrected chi connectivity index (χ2v) is 4.95. The van der Waals surface area contributed by atoms with Crippen LogP contribution < -0.4 is 0 Å². The highest BCUT2D eigenvalue weighted by atomic mass is 79.9. The third-order valence-corrected chi connectivity index (χ3v) is 4.22. The molecule has 0 aliphatic rings. The molecule has 0 saturated heterocycles. The molecule has 2 aromatic rings. The van der Waals surface area contributed by atoms with Gasteiger partial charge in [0.25, 0.3) is 0 Å². The highest BCUT2D eigenvalue weighted by molar-refractivity contribution is 9.12. The molecule has 1 aromatic carbocycles. The van der Waals surface area contributed by atoms with E-state index in [1.807, 2.05) is 28.9 Å². The summed E-state index contributed by atoms with van der Waals surface area (Å²) >= 11 is 6.96. The number of fused-ring (bicyclic) bond motifs is 1. The van der Waals surface area contributed by atoms with Gasteiger partial charge in [0, 0.05) is 10.2 Å². The number of alkyl halides is 2. The highest BCUT2D eigenvalue weighted by Gasteiger charge is 2.07. The molecule has 2 rings (SSSR count). The summed E-state index contributed by atoms with van der Waals surface area (Å²) in [6, 6.07) is 7.97. The minimum Gasteiger partial charge on any atom is -0.243 e. The fourth-order valence-electron chi connectivity index (χ4n) is 1.29. The van der Waals surface area contributed by atoms with Crippen LogP contribution in [0.4, 0.5) is 0 Å². The van der Waals surface area contributed by atoms with Gasteiger partial charge in [0.2, 0.25) is 0 Å². The Labute approximate surface area is 98.7 Å². The van der Waals surface area contributed by atoms with Gasteiger partial charge in [-0.25, -0.2) is 4.68 Å². The zero-order valence-electron chi connectivity index (χ0n) is 7.40. The molecule has 0 spiro atoms. The third-order valence-electron chi connectivity index (χ3n) is 1.96. The molecule has 74 valence electrons. The van der Waals surface area contributed by atoms with Crippen LogP contribution in [0.2, 0.25) is 0 Å². The maximum Gasteiger partial charge on any atom is 0.113 e. The van der Waals surface area contributed by atoms with Crippen LogP contribution in [0.15, 0.2) is 24.3 Å². The molecule has 0 aliphatic heterocycles. The number of hydrogen-bond acceptors (Lipinski definition) is 2. The van der Waals surface area contributed by atoms with Crippen LogP contribution in [0.3, 0.4) is 0 Å². The van der Waals surface area contributed by atoms with Gasteiger partial charge in [0.15, 0.2) is 0 Å². The molecule has 14 heavy (non-hydrogen) atoms. The number of nitrogens with zero attached hydrogens (tertiary/aromatic N) is 3. The molecular weight excluding hydrogens is 310 g/mol. The van der Waals surface area contributed by atoms with Gasteiger partial charge in [-0.15, -0.1) is 5.10 Å². The maximum atomic E-state index is 4.10. The number of rotatable bonds is 3. The lowest BCUT2D eigenvalue weighted by atomic mass is 10.3. The predicted octanol–water partition coefficient (Wildman–Crippen LogP) is 2.59. The van der Waals surface area contributed by atoms with Gasteiger partial charge in [-0.3, -0.25) is 0 Å². The number of hydrogen-bond donors (Lipinski definition) is 0. The molecule has 0 amide bonds. The van der Waals surface area contributed by atoms with E-state index in [1.54, 1.807) is 0 Å². The first kappa shape index (κ1) is 10.1. The van der Waals surface area contributed by atoms with Crippen LogP contribution in [0, 0.1) is 0 Å². The second-order valence-electron chi connectivity index (χ2n) is 3.01. The highest BCUT2D eigenvalue weighted by Crippen LogP contribution is 2.13. The van der Waals surface area contributed by atoms with Crippen molar-refractivity contribution in [3.05, 3.63) is 24.3 Å². The third kappa shape index (κ3) is 1.98. The quantitative estimate of drug-likeness (QED) is 0.814. The Morgan fingerprint density at radius 2 is 2.14 bits per heavy atom. The van der Waals surface area contributed by atoms with Crippen molar-refractivity contribution in [2.45, 2.75) is 11.4 Å². The van der Waals surface area contributed by atoms with Gasteiger partial charge in [-0.2, -0.15) is 0 Å². The van der Waals surface area contributed by atoms with Crippen molar-refractivity contribution in [1.29, 1.82) is 0 Å². The van der Waals surface area contributed by atoms with E-state index in [0.717, 1.165) is 22.9 Å². The average molecular weight is 319 g/mol. The molecule has 1 aromatic heterocycles. The zero-order valence-corrected chi connectivity index (χ0v) is 10.6. The van der Waals surface area contributed by atoms with Crippen LogP contribution in [0.5, 0.6) is 0 Å². The summed E-state index contributed by atoms with van der Waals surface area (Å²) in [6.45, 7) is 0.825. The van der Waals surface area contributed by atoms with Crippen LogP contribution >= 0.6 is 31.9 Å². The van der Waals surface area contributed by atoms with E-state index in [9.17, 15) is 0 Å². The van der Waals surface area contributed by atoms with E-state index in [-0.39, 0.29) is 0 Å². The molecule has 0 bridgehead atoms. The van der Waals surface area contributed by atoms with E-state index in [1.165, 1.54) is 0 Å². The van der Waals surface area contributed by atoms with Gasteiger partial charge >= 0.3 is 0 Å².